The molecule has 0 amide bonds. The topological polar surface area (TPSA) is 271 Å². The predicted octanol–water partition coefficient (Wildman–Crippen LogP) is 28.9. The van der Waals surface area contributed by atoms with Crippen molar-refractivity contribution in [3.8, 4) is 40.2 Å². The average Bonchev–Trinajstić information content (AvgIpc) is 0.800. The van der Waals surface area contributed by atoms with Gasteiger partial charge in [0.05, 0.1) is 44.6 Å². The van der Waals surface area contributed by atoms with E-state index in [1.807, 2.05) is 205 Å². The van der Waals surface area contributed by atoms with Gasteiger partial charge in [-0.05, 0) is 224 Å². The molecule has 0 aromatic heterocycles. The number of methoxy groups -OCH3 is 2. The molecule has 7 rings (SSSR count). The van der Waals surface area contributed by atoms with Gasteiger partial charge in [0.2, 0.25) is 0 Å². The van der Waals surface area contributed by atoms with Gasteiger partial charge in [-0.2, -0.15) is 27.7 Å². The molecule has 22 nitrogen and oxygen atoms in total. The third-order valence-corrected chi connectivity index (χ3v) is 16.3. The van der Waals surface area contributed by atoms with Crippen molar-refractivity contribution in [2.24, 2.45) is 25.6 Å². The van der Waals surface area contributed by atoms with E-state index in [1.165, 1.54) is 5.69 Å². The van der Waals surface area contributed by atoms with E-state index in [0.717, 1.165) is 118 Å². The standard InChI is InChI=1S/C22H31N3O3.C18H23N3O2.2C13H21N3O.C9H13N3.5F6P/c1-6-18(7-2)28-22-14-17(8-13-21(22)24-23)25(4)16(3)15-27-20-11-9-19(26-5)10-12-20;1-13-11-15(5-10-18(13)20-19)21(3)14(2)12-23-17-8-6-16(22-4)7-9-17;2*1-5-11(6-2)17-13-9-10(16(3)4)7-8-12(13)15-14;1-7-6-8(12(2)3)4-5-9(7)11-10;5*1-7(2,3,4,5)6/h8-14,16,18,23H,6-7,15H2,1-5H3;5-11,14,19H,12H2,1-4H3;2*7-9,11,14H,5-6H2,1-4H3;4-6,10H,1-3H3;;;;;/q;;;;;5*-1/p+5. The van der Waals surface area contributed by atoms with Crippen LogP contribution in [0.25, 0.3) is 0 Å². The van der Waals surface area contributed by atoms with Crippen LogP contribution in [0.1, 0.15) is 105 Å². The maximum atomic E-state index is 9.87. The van der Waals surface area contributed by atoms with Gasteiger partial charge in [0, 0.05) is 103 Å². The second-order valence-corrected chi connectivity index (χ2v) is 38.2. The summed E-state index contributed by atoms with van der Waals surface area (Å²) in [5.74, 6) is 5.51. The molecule has 0 aliphatic heterocycles. The van der Waals surface area contributed by atoms with Gasteiger partial charge in [0.25, 0.3) is 0 Å². The molecule has 0 radical (unpaired) electrons. The summed E-state index contributed by atoms with van der Waals surface area (Å²) in [4.78, 5) is 10.4. The molecule has 2 atom stereocenters. The molecule has 0 saturated heterocycles. The Morgan fingerprint density at radius 1 is 0.273 bits per heavy atom. The van der Waals surface area contributed by atoms with Crippen LogP contribution in [-0.4, -0.2) is 114 Å². The number of hydrogen-bond acceptors (Lipinski definition) is 17. The fraction of sp³-hybridized carbons (Fsp3) is 0.440. The second kappa shape index (κ2) is 46.0. The zero-order chi connectivity index (χ0) is 104. The van der Waals surface area contributed by atoms with Crippen LogP contribution in [0.2, 0.25) is 0 Å². The number of halogens is 30. The van der Waals surface area contributed by atoms with E-state index in [2.05, 4.69) is 110 Å². The number of aryl methyl sites for hydroxylation is 2. The Morgan fingerprint density at radius 3 is 0.636 bits per heavy atom. The van der Waals surface area contributed by atoms with Crippen molar-refractivity contribution in [1.29, 1.82) is 0 Å². The molecule has 132 heavy (non-hydrogen) atoms. The van der Waals surface area contributed by atoms with Crippen molar-refractivity contribution in [3.05, 3.63) is 151 Å². The summed E-state index contributed by atoms with van der Waals surface area (Å²) < 4.78 is 336. The molecule has 0 aliphatic carbocycles. The number of ether oxygens (including phenoxy) is 7. The van der Waals surface area contributed by atoms with Gasteiger partial charge < -0.3 is 57.7 Å². The first-order valence-electron chi connectivity index (χ1n) is 38.2. The zero-order valence-corrected chi connectivity index (χ0v) is 79.6. The van der Waals surface area contributed by atoms with Crippen LogP contribution >= 0.6 is 39.0 Å². The van der Waals surface area contributed by atoms with Gasteiger partial charge >= 0.3 is 165 Å². The van der Waals surface area contributed by atoms with Crippen LogP contribution in [0.15, 0.2) is 165 Å². The van der Waals surface area contributed by atoms with E-state index in [9.17, 15) is 126 Å². The molecule has 0 saturated carbocycles. The summed E-state index contributed by atoms with van der Waals surface area (Å²) in [6, 6.07) is 45.1. The first-order valence-corrected chi connectivity index (χ1v) is 48.4. The Balaban J connectivity index is -0.00000146. The summed E-state index contributed by atoms with van der Waals surface area (Å²) in [7, 11) is -33.9. The molecule has 7 aromatic carbocycles. The van der Waals surface area contributed by atoms with E-state index in [1.54, 1.807) is 14.2 Å². The molecule has 7 aromatic rings. The average molecular weight is 2060 g/mol. The molecule has 57 heteroatoms. The quantitative estimate of drug-likeness (QED) is 0.0150. The number of anilines is 5. The number of rotatable bonds is 32. The van der Waals surface area contributed by atoms with E-state index < -0.39 is 39.0 Å². The van der Waals surface area contributed by atoms with Crippen LogP contribution in [-0.2, 0) is 0 Å². The van der Waals surface area contributed by atoms with Crippen LogP contribution in [0.5, 0.6) is 40.2 Å². The van der Waals surface area contributed by atoms with Crippen molar-refractivity contribution in [3.63, 3.8) is 0 Å². The summed E-state index contributed by atoms with van der Waals surface area (Å²) in [6.45, 7) is 22.1. The number of hydrogen-bond donors (Lipinski definition) is 5. The van der Waals surface area contributed by atoms with Crippen molar-refractivity contribution < 1.29 is 187 Å². The van der Waals surface area contributed by atoms with Crippen molar-refractivity contribution >= 4 is 95.9 Å². The van der Waals surface area contributed by atoms with E-state index in [-0.39, 0.29) is 30.4 Å². The van der Waals surface area contributed by atoms with Crippen molar-refractivity contribution in [1.82, 2.24) is 0 Å². The molecular formula is C75H114F30N15O7P5. The van der Waals surface area contributed by atoms with E-state index in [0.29, 0.717) is 36.0 Å². The SMILES string of the molecule is CCC(CC)Oc1cc(N(C)C(C)COc2ccc(OC)cc2)ccc1N=[NH2+].CCC(CC)Oc1cc(N(C)C)ccc1N=[NH2+].CCC(CC)Oc1cc(N(C)C)ccc1N=[NH2+].COc1ccc(OCC(C)N(C)c2ccc(N=[NH2+])c(C)c2)cc1.Cc1cc(N(C)C)ccc1N=[NH2+].F[P-](F)(F)(F)(F)F.F[P-](F)(F)(F)(F)F.F[P-](F)(F)(F)(F)F.F[P-](F)(F)(F)(F)F.F[P-](F)(F)(F)(F)F. The molecule has 2 unspecified atom stereocenters. The Bertz CT molecular complexity index is 4480. The second-order valence-electron chi connectivity index (χ2n) is 28.6. The normalized spacial score (nSPS) is 14.2. The van der Waals surface area contributed by atoms with Crippen molar-refractivity contribution in [2.75, 3.05) is 108 Å². The van der Waals surface area contributed by atoms with Gasteiger partial charge in [-0.1, -0.05) is 41.5 Å². The summed E-state index contributed by atoms with van der Waals surface area (Å²) in [5.41, 5.74) is 38.1. The third-order valence-electron chi connectivity index (χ3n) is 16.3. The summed E-state index contributed by atoms with van der Waals surface area (Å²) >= 11 is 0. The summed E-state index contributed by atoms with van der Waals surface area (Å²) in [6.07, 6.45) is 6.37. The van der Waals surface area contributed by atoms with Crippen LogP contribution in [0.3, 0.4) is 0 Å². The fourth-order valence-corrected chi connectivity index (χ4v) is 9.37. The van der Waals surface area contributed by atoms with Gasteiger partial charge in [0.15, 0.2) is 34.3 Å². The zero-order valence-electron chi connectivity index (χ0n) is 75.1. The van der Waals surface area contributed by atoms with Gasteiger partial charge in [0.1, 0.15) is 47.6 Å². The molecule has 0 aliphatic rings. The molecule has 0 fully saturated rings. The Hall–Kier alpha value is -9.81. The molecular weight excluding hydrogens is 1950 g/mol. The fourth-order valence-electron chi connectivity index (χ4n) is 9.37. The molecule has 0 spiro atoms. The third kappa shape index (κ3) is 74.7. The maximum absolute atomic E-state index is 10.7. The van der Waals surface area contributed by atoms with Crippen LogP contribution in [0.4, 0.5) is 183 Å². The van der Waals surface area contributed by atoms with Crippen LogP contribution in [0, 0.1) is 13.8 Å². The molecule has 766 valence electrons. The summed E-state index contributed by atoms with van der Waals surface area (Å²) in [5, 5.41) is 18.8. The van der Waals surface area contributed by atoms with Crippen molar-refractivity contribution in [2.45, 2.75) is 138 Å². The Kier molecular flexibility index (Phi) is 44.0. The van der Waals surface area contributed by atoms with Gasteiger partial charge in [-0.15, -0.1) is 0 Å². The number of nitrogens with zero attached hydrogens (tertiary/aromatic N) is 10. The van der Waals surface area contributed by atoms with Gasteiger partial charge in [-0.3, -0.25) is 0 Å². The van der Waals surface area contributed by atoms with E-state index in [4.69, 9.17) is 60.8 Å². The molecule has 0 bridgehead atoms. The first-order chi connectivity index (χ1) is 58.7. The Morgan fingerprint density at radius 2 is 0.447 bits per heavy atom. The predicted molar refractivity (Wildman–Crippen MR) is 460 cm³/mol. The minimum atomic E-state index is -10.7. The minimum absolute atomic E-state index is 0.150. The van der Waals surface area contributed by atoms with Gasteiger partial charge in [-0.25, -0.2) is 0 Å². The molecule has 10 N–H and O–H groups in total. The Labute approximate surface area is 743 Å². The molecule has 0 heterocycles. The van der Waals surface area contributed by atoms with E-state index >= 15 is 0 Å². The first kappa shape index (κ1) is 126. The number of benzene rings is 7. The van der Waals surface area contributed by atoms with Crippen LogP contribution < -0.4 is 85.3 Å². The number of nitrogens with two attached hydrogens (primary N) is 5. The monoisotopic (exact) mass is 2060 g/mol. The number of likely N-dealkylation sites (N-methyl/N-ethyl adjacent to an activating group) is 2.